The van der Waals surface area contributed by atoms with Crippen molar-refractivity contribution in [3.63, 3.8) is 0 Å². The second-order valence-electron chi connectivity index (χ2n) is 8.52. The number of nitrogens with zero attached hydrogens (tertiary/aromatic N) is 1. The van der Waals surface area contributed by atoms with Gasteiger partial charge < -0.3 is 9.64 Å². The van der Waals surface area contributed by atoms with Crippen LogP contribution in [0.5, 0.6) is 0 Å². The summed E-state index contributed by atoms with van der Waals surface area (Å²) >= 11 is 0. The highest BCUT2D eigenvalue weighted by atomic mass is 16.5. The Morgan fingerprint density at radius 2 is 1.46 bits per heavy atom. The summed E-state index contributed by atoms with van der Waals surface area (Å²) in [5.74, 6) is 0.679. The van der Waals surface area contributed by atoms with Crippen LogP contribution in [0.25, 0.3) is 0 Å². The molecule has 3 fully saturated rings. The lowest BCUT2D eigenvalue weighted by Crippen LogP contribution is -2.61. The number of esters is 1. The summed E-state index contributed by atoms with van der Waals surface area (Å²) in [5.41, 5.74) is 2.71. The molecule has 0 aliphatic heterocycles. The summed E-state index contributed by atoms with van der Waals surface area (Å²) in [7, 11) is 4.34. The van der Waals surface area contributed by atoms with Crippen LogP contribution in [0.1, 0.15) is 42.2 Å². The molecule has 3 aliphatic rings. The molecule has 2 aromatic rings. The molecule has 3 aliphatic carbocycles. The number of carbonyl (C=O) groups excluding carboxylic acids is 1. The van der Waals surface area contributed by atoms with Gasteiger partial charge in [-0.3, -0.25) is 0 Å². The van der Waals surface area contributed by atoms with Gasteiger partial charge in [-0.2, -0.15) is 0 Å². The summed E-state index contributed by atoms with van der Waals surface area (Å²) in [4.78, 5) is 14.5. The summed E-state index contributed by atoms with van der Waals surface area (Å²) < 4.78 is 5.97. The average molecular weight is 376 g/mol. The predicted molar refractivity (Wildman–Crippen MR) is 112 cm³/mol. The molecule has 0 unspecified atom stereocenters. The fourth-order valence-corrected chi connectivity index (χ4v) is 5.60. The average Bonchev–Trinajstić information content (AvgIpc) is 2.74. The maximum atomic E-state index is 12.2. The summed E-state index contributed by atoms with van der Waals surface area (Å²) in [6.45, 7) is 3.61. The zero-order chi connectivity index (χ0) is 19.7. The van der Waals surface area contributed by atoms with E-state index in [2.05, 4.69) is 86.2 Å². The van der Waals surface area contributed by atoms with Gasteiger partial charge in [-0.05, 0) is 49.9 Å². The number of rotatable bonds is 5. The number of carbonyl (C=O) groups is 1. The van der Waals surface area contributed by atoms with Crippen molar-refractivity contribution in [3.8, 4) is 0 Å². The van der Waals surface area contributed by atoms with E-state index in [1.807, 2.05) is 0 Å². The molecule has 0 N–H and O–H groups in total. The van der Waals surface area contributed by atoms with Crippen LogP contribution in [0.4, 0.5) is 0 Å². The quantitative estimate of drug-likeness (QED) is 0.557. The van der Waals surface area contributed by atoms with Crippen LogP contribution < -0.4 is 0 Å². The summed E-state index contributed by atoms with van der Waals surface area (Å²) in [5, 5.41) is 0. The van der Waals surface area contributed by atoms with Crippen LogP contribution in [-0.2, 0) is 9.53 Å². The minimum Gasteiger partial charge on any atom is -0.459 e. The molecule has 0 saturated heterocycles. The third-order valence-corrected chi connectivity index (χ3v) is 6.98. The van der Waals surface area contributed by atoms with Crippen molar-refractivity contribution in [1.82, 2.24) is 4.90 Å². The highest BCUT2D eigenvalue weighted by Crippen LogP contribution is 2.60. The van der Waals surface area contributed by atoms with Crippen molar-refractivity contribution in [3.05, 3.63) is 84.4 Å². The van der Waals surface area contributed by atoms with Crippen molar-refractivity contribution in [2.75, 3.05) is 14.1 Å². The third kappa shape index (κ3) is 3.29. The van der Waals surface area contributed by atoms with Crippen molar-refractivity contribution in [2.24, 2.45) is 5.92 Å². The van der Waals surface area contributed by atoms with Gasteiger partial charge in [0.2, 0.25) is 0 Å². The molecule has 3 heteroatoms. The van der Waals surface area contributed by atoms with Gasteiger partial charge in [0.1, 0.15) is 6.10 Å². The number of benzene rings is 2. The summed E-state index contributed by atoms with van der Waals surface area (Å²) in [6, 6.07) is 21.5. The molecule has 3 atom stereocenters. The molecule has 0 aromatic heterocycles. The highest BCUT2D eigenvalue weighted by molar-refractivity contribution is 5.81. The molecule has 0 heterocycles. The van der Waals surface area contributed by atoms with Gasteiger partial charge in [0.05, 0.1) is 0 Å². The Kier molecular flexibility index (Phi) is 5.11. The predicted octanol–water partition coefficient (Wildman–Crippen LogP) is 4.77. The Morgan fingerprint density at radius 3 is 1.89 bits per heavy atom. The Balaban J connectivity index is 1.82. The Labute approximate surface area is 168 Å². The molecule has 0 amide bonds. The van der Waals surface area contributed by atoms with Crippen molar-refractivity contribution in [1.29, 1.82) is 0 Å². The molecule has 146 valence electrons. The minimum absolute atomic E-state index is 0.0158. The van der Waals surface area contributed by atoms with E-state index in [0.717, 1.165) is 19.3 Å². The molecule has 2 bridgehead atoms. The molecule has 5 rings (SSSR count). The number of hydrogen-bond donors (Lipinski definition) is 0. The summed E-state index contributed by atoms with van der Waals surface area (Å²) in [6.07, 6.45) is 4.27. The molecule has 3 saturated carbocycles. The van der Waals surface area contributed by atoms with Gasteiger partial charge in [-0.1, -0.05) is 67.2 Å². The van der Waals surface area contributed by atoms with E-state index in [-0.39, 0.29) is 23.5 Å². The zero-order valence-electron chi connectivity index (χ0n) is 16.8. The maximum absolute atomic E-state index is 12.2. The maximum Gasteiger partial charge on any atom is 0.330 e. The normalized spacial score (nSPS) is 31.5. The second-order valence-corrected chi connectivity index (χ2v) is 8.52. The van der Waals surface area contributed by atoms with Crippen LogP contribution in [0, 0.1) is 5.92 Å². The topological polar surface area (TPSA) is 29.5 Å². The molecule has 2 aromatic carbocycles. The first-order chi connectivity index (χ1) is 13.5. The molecule has 0 radical (unpaired) electrons. The van der Waals surface area contributed by atoms with Crippen LogP contribution in [-0.4, -0.2) is 36.6 Å². The lowest BCUT2D eigenvalue weighted by atomic mass is 9.52. The fraction of sp³-hybridized carbons (Fsp3) is 0.400. The first-order valence-electron chi connectivity index (χ1n) is 10.1. The van der Waals surface area contributed by atoms with Gasteiger partial charge in [0.15, 0.2) is 0 Å². The van der Waals surface area contributed by atoms with Crippen LogP contribution >= 0.6 is 0 Å². The lowest BCUT2D eigenvalue weighted by molar-refractivity contribution is -0.161. The van der Waals surface area contributed by atoms with E-state index >= 15 is 0 Å². The van der Waals surface area contributed by atoms with Gasteiger partial charge in [-0.25, -0.2) is 4.79 Å². The van der Waals surface area contributed by atoms with Crippen LogP contribution in [0.2, 0.25) is 0 Å². The highest BCUT2D eigenvalue weighted by Gasteiger charge is 2.57. The Bertz CT molecular complexity index is 781. The molecule has 3 nitrogen and oxygen atoms in total. The first kappa shape index (κ1) is 18.9. The van der Waals surface area contributed by atoms with E-state index in [0.29, 0.717) is 11.8 Å². The van der Waals surface area contributed by atoms with E-state index in [4.69, 9.17) is 4.74 Å². The van der Waals surface area contributed by atoms with Gasteiger partial charge >= 0.3 is 5.97 Å². The van der Waals surface area contributed by atoms with E-state index in [1.54, 1.807) is 0 Å². The fourth-order valence-electron chi connectivity index (χ4n) is 5.60. The van der Waals surface area contributed by atoms with Crippen molar-refractivity contribution in [2.45, 2.75) is 42.7 Å². The monoisotopic (exact) mass is 375 g/mol. The van der Waals surface area contributed by atoms with E-state index in [1.165, 1.54) is 17.2 Å². The van der Waals surface area contributed by atoms with Gasteiger partial charge in [0.25, 0.3) is 0 Å². The van der Waals surface area contributed by atoms with E-state index < -0.39 is 0 Å². The minimum atomic E-state index is -0.315. The molecule has 28 heavy (non-hydrogen) atoms. The smallest absolute Gasteiger partial charge is 0.330 e. The largest absolute Gasteiger partial charge is 0.459 e. The van der Waals surface area contributed by atoms with Crippen molar-refractivity contribution >= 4 is 5.97 Å². The SMILES string of the molecule is C=CC(=O)O[C@H]1CC2(N(C)C)C[C@@H](c3ccccc3)C1[C@H](c1ccccc1)C2. The molecule has 0 spiro atoms. The standard InChI is InChI=1S/C25H29NO2/c1-4-23(27)28-22-17-25(26(2)3)15-20(18-11-7-5-8-12-18)24(22)21(16-25)19-13-9-6-10-14-19/h4-14,20-22,24H,1,15-17H2,2-3H3/t20-,21-,22-,24?,25?/m0/s1. The second kappa shape index (κ2) is 7.56. The molecular weight excluding hydrogens is 346 g/mol. The third-order valence-electron chi connectivity index (χ3n) is 6.98. The Morgan fingerprint density at radius 1 is 0.964 bits per heavy atom. The molecular formula is C25H29NO2. The number of fused-ring (bicyclic) bond motifs is 3. The van der Waals surface area contributed by atoms with E-state index in [9.17, 15) is 4.79 Å². The first-order valence-corrected chi connectivity index (χ1v) is 10.1. The number of ether oxygens (including phenoxy) is 1. The van der Waals surface area contributed by atoms with Gasteiger partial charge in [-0.15, -0.1) is 0 Å². The lowest BCUT2D eigenvalue weighted by Gasteiger charge is -2.60. The van der Waals surface area contributed by atoms with Crippen molar-refractivity contribution < 1.29 is 9.53 Å². The van der Waals surface area contributed by atoms with Crippen LogP contribution in [0.15, 0.2) is 73.3 Å². The number of hydrogen-bond acceptors (Lipinski definition) is 3. The Hall–Kier alpha value is -2.39. The zero-order valence-corrected chi connectivity index (χ0v) is 16.8. The van der Waals surface area contributed by atoms with Crippen LogP contribution in [0.3, 0.4) is 0 Å². The van der Waals surface area contributed by atoms with Gasteiger partial charge in [0, 0.05) is 24.0 Å².